The van der Waals surface area contributed by atoms with E-state index in [9.17, 15) is 18.0 Å². The molecule has 1 saturated heterocycles. The van der Waals surface area contributed by atoms with Crippen LogP contribution in [0.15, 0.2) is 0 Å². The van der Waals surface area contributed by atoms with E-state index in [-0.39, 0.29) is 0 Å². The van der Waals surface area contributed by atoms with Crippen LogP contribution >= 0.6 is 0 Å². The lowest BCUT2D eigenvalue weighted by Crippen LogP contribution is -2.49. The van der Waals surface area contributed by atoms with Crippen molar-refractivity contribution in [2.24, 2.45) is 5.73 Å². The van der Waals surface area contributed by atoms with Crippen LogP contribution in [0.4, 0.5) is 0 Å². The van der Waals surface area contributed by atoms with Crippen molar-refractivity contribution in [3.05, 3.63) is 0 Å². The Hall–Kier alpha value is -1.19. The van der Waals surface area contributed by atoms with Crippen molar-refractivity contribution in [1.29, 1.82) is 0 Å². The maximum Gasteiger partial charge on any atom is 0.322 e. The highest BCUT2D eigenvalue weighted by atomic mass is 32.2. The van der Waals surface area contributed by atoms with Crippen LogP contribution in [-0.4, -0.2) is 48.8 Å². The average Bonchev–Trinajstić information content (AvgIpc) is 2.55. The second-order valence-corrected chi connectivity index (χ2v) is 6.20. The van der Waals surface area contributed by atoms with Gasteiger partial charge < -0.3 is 10.8 Å². The van der Waals surface area contributed by atoms with Crippen molar-refractivity contribution < 1.29 is 23.1 Å². The number of nitrogens with one attached hydrogen (secondary N) is 1. The third-order valence-electron chi connectivity index (χ3n) is 2.90. The number of nitrogens with zero attached hydrogens (tertiary/aromatic N) is 1. The summed E-state index contributed by atoms with van der Waals surface area (Å²) in [6.07, 6.45) is 2.83. The maximum atomic E-state index is 12.0. The van der Waals surface area contributed by atoms with E-state index in [1.54, 1.807) is 0 Å². The van der Waals surface area contributed by atoms with Crippen molar-refractivity contribution >= 4 is 22.1 Å². The first-order valence-corrected chi connectivity index (χ1v) is 7.55. The van der Waals surface area contributed by atoms with Crippen molar-refractivity contribution in [3.8, 4) is 0 Å². The highest BCUT2D eigenvalue weighted by molar-refractivity contribution is 7.87. The summed E-state index contributed by atoms with van der Waals surface area (Å²) in [6, 6.07) is -1.52. The summed E-state index contributed by atoms with van der Waals surface area (Å²) in [6.45, 7) is 0.719. The molecule has 110 valence electrons. The summed E-state index contributed by atoms with van der Waals surface area (Å²) in [5, 5.41) is 8.89. The molecular formula is C10H19N3O5S. The lowest BCUT2D eigenvalue weighted by Gasteiger charge is -2.22. The number of carboxylic acids is 1. The van der Waals surface area contributed by atoms with Gasteiger partial charge in [0, 0.05) is 13.1 Å². The molecule has 0 saturated carbocycles. The number of carbonyl (C=O) groups excluding carboxylic acids is 1. The van der Waals surface area contributed by atoms with Gasteiger partial charge in [0.1, 0.15) is 6.04 Å². The molecule has 1 amide bonds. The molecule has 0 bridgehead atoms. The Morgan fingerprint density at radius 3 is 2.16 bits per heavy atom. The lowest BCUT2D eigenvalue weighted by atomic mass is 10.2. The Bertz CT molecular complexity index is 428. The van der Waals surface area contributed by atoms with E-state index >= 15 is 0 Å². The van der Waals surface area contributed by atoms with Gasteiger partial charge in [0.05, 0.1) is 6.42 Å². The van der Waals surface area contributed by atoms with Gasteiger partial charge in [-0.25, -0.2) is 0 Å². The second kappa shape index (κ2) is 6.83. The predicted octanol–water partition coefficient (Wildman–Crippen LogP) is -0.975. The third-order valence-corrected chi connectivity index (χ3v) is 4.53. The van der Waals surface area contributed by atoms with E-state index < -0.39 is 34.5 Å². The molecule has 0 unspecified atom stereocenters. The van der Waals surface area contributed by atoms with Crippen molar-refractivity contribution in [1.82, 2.24) is 9.03 Å². The molecule has 0 aliphatic carbocycles. The Labute approximate surface area is 112 Å². The quantitative estimate of drug-likeness (QED) is 0.580. The molecule has 1 atom stereocenters. The van der Waals surface area contributed by atoms with E-state index in [4.69, 9.17) is 10.8 Å². The number of hydrogen-bond acceptors (Lipinski definition) is 4. The van der Waals surface area contributed by atoms with Gasteiger partial charge in [0.15, 0.2) is 0 Å². The van der Waals surface area contributed by atoms with Crippen LogP contribution in [0.3, 0.4) is 0 Å². The molecule has 19 heavy (non-hydrogen) atoms. The molecule has 1 heterocycles. The van der Waals surface area contributed by atoms with Gasteiger partial charge in [-0.05, 0) is 12.8 Å². The van der Waals surface area contributed by atoms with E-state index in [0.29, 0.717) is 13.1 Å². The number of hydrogen-bond donors (Lipinski definition) is 3. The van der Waals surface area contributed by atoms with E-state index in [1.165, 1.54) is 4.31 Å². The Balaban J connectivity index is 2.74. The van der Waals surface area contributed by atoms with Gasteiger partial charge >= 0.3 is 5.97 Å². The fourth-order valence-electron chi connectivity index (χ4n) is 1.92. The molecule has 0 spiro atoms. The number of carboxylic acid groups (broad SMARTS) is 1. The Kier molecular flexibility index (Phi) is 5.70. The molecule has 1 rings (SSSR count). The van der Waals surface area contributed by atoms with Crippen molar-refractivity contribution in [2.45, 2.75) is 38.1 Å². The fourth-order valence-corrected chi connectivity index (χ4v) is 3.35. The van der Waals surface area contributed by atoms with E-state index in [1.807, 2.05) is 4.72 Å². The molecule has 0 aromatic heterocycles. The largest absolute Gasteiger partial charge is 0.480 e. The SMILES string of the molecule is NC(=O)C[C@H](NS(=O)(=O)N1CCCCCC1)C(=O)O. The fraction of sp³-hybridized carbons (Fsp3) is 0.800. The maximum absolute atomic E-state index is 12.0. The van der Waals surface area contributed by atoms with E-state index in [2.05, 4.69) is 0 Å². The molecular weight excluding hydrogens is 274 g/mol. The van der Waals surface area contributed by atoms with Crippen LogP contribution in [0, 0.1) is 0 Å². The molecule has 1 aliphatic rings. The van der Waals surface area contributed by atoms with Gasteiger partial charge in [-0.1, -0.05) is 12.8 Å². The number of aliphatic carboxylic acids is 1. The van der Waals surface area contributed by atoms with Crippen LogP contribution in [0.5, 0.6) is 0 Å². The second-order valence-electron chi connectivity index (χ2n) is 4.50. The number of rotatable bonds is 6. The summed E-state index contributed by atoms with van der Waals surface area (Å²) in [5.41, 5.74) is 4.90. The van der Waals surface area contributed by atoms with E-state index in [0.717, 1.165) is 25.7 Å². The van der Waals surface area contributed by atoms with Crippen LogP contribution in [-0.2, 0) is 19.8 Å². The van der Waals surface area contributed by atoms with Crippen LogP contribution in [0.2, 0.25) is 0 Å². The molecule has 9 heteroatoms. The zero-order valence-corrected chi connectivity index (χ0v) is 11.4. The summed E-state index contributed by atoms with van der Waals surface area (Å²) in [7, 11) is -3.90. The minimum atomic E-state index is -3.90. The minimum Gasteiger partial charge on any atom is -0.480 e. The summed E-state index contributed by atoms with van der Waals surface area (Å²) >= 11 is 0. The lowest BCUT2D eigenvalue weighted by molar-refractivity contribution is -0.140. The minimum absolute atomic E-state index is 0.359. The standard InChI is InChI=1S/C10H19N3O5S/c11-9(14)7-8(10(15)16)12-19(17,18)13-5-3-1-2-4-6-13/h8,12H,1-7H2,(H2,11,14)(H,15,16)/t8-/m0/s1. The van der Waals surface area contributed by atoms with Gasteiger partial charge in [-0.2, -0.15) is 17.4 Å². The number of amides is 1. The molecule has 4 N–H and O–H groups in total. The highest BCUT2D eigenvalue weighted by Crippen LogP contribution is 2.13. The number of primary amides is 1. The molecule has 0 aromatic rings. The van der Waals surface area contributed by atoms with Crippen molar-refractivity contribution in [2.75, 3.05) is 13.1 Å². The summed E-state index contributed by atoms with van der Waals surface area (Å²) < 4.78 is 27.3. The average molecular weight is 293 g/mol. The zero-order chi connectivity index (χ0) is 14.5. The highest BCUT2D eigenvalue weighted by Gasteiger charge is 2.30. The molecule has 1 fully saturated rings. The monoisotopic (exact) mass is 293 g/mol. The Morgan fingerprint density at radius 1 is 1.21 bits per heavy atom. The first-order chi connectivity index (χ1) is 8.83. The van der Waals surface area contributed by atoms with Gasteiger partial charge in [-0.3, -0.25) is 9.59 Å². The van der Waals surface area contributed by atoms with Gasteiger partial charge in [0.25, 0.3) is 10.2 Å². The number of carbonyl (C=O) groups is 2. The van der Waals surface area contributed by atoms with Crippen LogP contribution in [0.1, 0.15) is 32.1 Å². The summed E-state index contributed by atoms with van der Waals surface area (Å²) in [5.74, 6) is -2.29. The zero-order valence-electron chi connectivity index (χ0n) is 10.5. The third kappa shape index (κ3) is 5.13. The Morgan fingerprint density at radius 2 is 1.74 bits per heavy atom. The first-order valence-electron chi connectivity index (χ1n) is 6.11. The molecule has 0 radical (unpaired) electrons. The molecule has 0 aromatic carbocycles. The van der Waals surface area contributed by atoms with Crippen LogP contribution in [0.25, 0.3) is 0 Å². The number of nitrogens with two attached hydrogens (primary N) is 1. The predicted molar refractivity (Wildman–Crippen MR) is 67.3 cm³/mol. The topological polar surface area (TPSA) is 130 Å². The van der Waals surface area contributed by atoms with Crippen LogP contribution < -0.4 is 10.5 Å². The first kappa shape index (κ1) is 15.9. The summed E-state index contributed by atoms with van der Waals surface area (Å²) in [4.78, 5) is 21.7. The molecule has 1 aliphatic heterocycles. The molecule has 8 nitrogen and oxygen atoms in total. The smallest absolute Gasteiger partial charge is 0.322 e. The van der Waals surface area contributed by atoms with Gasteiger partial charge in [0.2, 0.25) is 5.91 Å². The normalized spacial score (nSPS) is 19.6. The van der Waals surface area contributed by atoms with Gasteiger partial charge in [-0.15, -0.1) is 0 Å². The van der Waals surface area contributed by atoms with Crippen molar-refractivity contribution in [3.63, 3.8) is 0 Å².